The molecule has 0 aliphatic carbocycles. The van der Waals surface area contributed by atoms with Crippen LogP contribution < -0.4 is 11.1 Å². The maximum absolute atomic E-state index is 13.2. The number of benzene rings is 1. The van der Waals surface area contributed by atoms with Crippen molar-refractivity contribution in [2.24, 2.45) is 5.73 Å². The zero-order valence-electron chi connectivity index (χ0n) is 15.6. The number of hydrogen-bond donors (Lipinski definition) is 2. The van der Waals surface area contributed by atoms with E-state index >= 15 is 0 Å². The Morgan fingerprint density at radius 2 is 1.86 bits per heavy atom. The van der Waals surface area contributed by atoms with Crippen molar-refractivity contribution >= 4 is 62.0 Å². The maximum Gasteiger partial charge on any atom is 0.257 e. The van der Waals surface area contributed by atoms with Gasteiger partial charge in [0, 0.05) is 10.3 Å². The second-order valence-electron chi connectivity index (χ2n) is 6.48. The number of fused-ring (bicyclic) bond motifs is 1. The SMILES string of the molecule is Cc1sc(NC(=O)c2cc(-c3ccc(Cl)s3)nc3ccccc23)c(C(N)=O)c1C. The lowest BCUT2D eigenvalue weighted by atomic mass is 10.1. The first kappa shape index (κ1) is 19.6. The first-order valence-corrected chi connectivity index (χ1v) is 10.7. The zero-order valence-corrected chi connectivity index (χ0v) is 18.0. The number of anilines is 1. The quantitative estimate of drug-likeness (QED) is 0.429. The van der Waals surface area contributed by atoms with E-state index in [0.29, 0.717) is 31.7 Å². The Balaban J connectivity index is 1.82. The van der Waals surface area contributed by atoms with Crippen LogP contribution in [0.3, 0.4) is 0 Å². The van der Waals surface area contributed by atoms with Crippen molar-refractivity contribution < 1.29 is 9.59 Å². The van der Waals surface area contributed by atoms with Gasteiger partial charge in [0.25, 0.3) is 11.8 Å². The molecule has 3 N–H and O–H groups in total. The summed E-state index contributed by atoms with van der Waals surface area (Å²) in [6.07, 6.45) is 0. The van der Waals surface area contributed by atoms with E-state index in [2.05, 4.69) is 10.3 Å². The smallest absolute Gasteiger partial charge is 0.257 e. The molecule has 0 saturated carbocycles. The molecule has 3 heterocycles. The highest BCUT2D eigenvalue weighted by Crippen LogP contribution is 2.35. The van der Waals surface area contributed by atoms with Gasteiger partial charge in [0.15, 0.2) is 0 Å². The summed E-state index contributed by atoms with van der Waals surface area (Å²) < 4.78 is 0.650. The zero-order chi connectivity index (χ0) is 20.7. The number of halogens is 1. The minimum Gasteiger partial charge on any atom is -0.365 e. The van der Waals surface area contributed by atoms with Crippen LogP contribution in [0.25, 0.3) is 21.5 Å². The molecule has 0 aliphatic rings. The topological polar surface area (TPSA) is 85.1 Å². The first-order chi connectivity index (χ1) is 13.8. The fourth-order valence-electron chi connectivity index (χ4n) is 3.12. The van der Waals surface area contributed by atoms with Gasteiger partial charge in [0.2, 0.25) is 0 Å². The molecular formula is C21H16ClN3O2S2. The molecule has 8 heteroatoms. The van der Waals surface area contributed by atoms with Gasteiger partial charge in [-0.1, -0.05) is 29.8 Å². The molecule has 4 aromatic rings. The summed E-state index contributed by atoms with van der Waals surface area (Å²) in [4.78, 5) is 31.6. The van der Waals surface area contributed by atoms with Crippen molar-refractivity contribution in [2.75, 3.05) is 5.32 Å². The summed E-state index contributed by atoms with van der Waals surface area (Å²) in [5, 5.41) is 4.06. The van der Waals surface area contributed by atoms with Crippen LogP contribution in [-0.4, -0.2) is 16.8 Å². The second kappa shape index (κ2) is 7.59. The van der Waals surface area contributed by atoms with Crippen LogP contribution in [0.5, 0.6) is 0 Å². The van der Waals surface area contributed by atoms with Crippen LogP contribution >= 0.6 is 34.3 Å². The molecule has 29 heavy (non-hydrogen) atoms. The molecule has 0 unspecified atom stereocenters. The Labute approximate surface area is 180 Å². The Morgan fingerprint density at radius 3 is 2.55 bits per heavy atom. The number of primary amides is 1. The lowest BCUT2D eigenvalue weighted by Crippen LogP contribution is -2.18. The number of nitrogens with one attached hydrogen (secondary N) is 1. The Kier molecular flexibility index (Phi) is 5.12. The fourth-order valence-corrected chi connectivity index (χ4v) is 5.19. The van der Waals surface area contributed by atoms with Crippen LogP contribution in [-0.2, 0) is 0 Å². The van der Waals surface area contributed by atoms with Gasteiger partial charge < -0.3 is 11.1 Å². The number of rotatable bonds is 4. The van der Waals surface area contributed by atoms with Crippen LogP contribution in [0.2, 0.25) is 4.34 Å². The fraction of sp³-hybridized carbons (Fsp3) is 0.0952. The second-order valence-corrected chi connectivity index (χ2v) is 9.42. The minimum absolute atomic E-state index is 0.323. The highest BCUT2D eigenvalue weighted by Gasteiger charge is 2.21. The van der Waals surface area contributed by atoms with Gasteiger partial charge >= 0.3 is 0 Å². The van der Waals surface area contributed by atoms with E-state index < -0.39 is 5.91 Å². The molecule has 0 fully saturated rings. The first-order valence-electron chi connectivity index (χ1n) is 8.71. The monoisotopic (exact) mass is 441 g/mol. The molecule has 146 valence electrons. The summed E-state index contributed by atoms with van der Waals surface area (Å²) in [6, 6.07) is 12.9. The lowest BCUT2D eigenvalue weighted by molar-refractivity contribution is 0.100. The van der Waals surface area contributed by atoms with Crippen LogP contribution in [0.15, 0.2) is 42.5 Å². The predicted octanol–water partition coefficient (Wildman–Crippen LogP) is 5.65. The van der Waals surface area contributed by atoms with Crippen molar-refractivity contribution in [3.63, 3.8) is 0 Å². The normalized spacial score (nSPS) is 11.0. The maximum atomic E-state index is 13.2. The van der Waals surface area contributed by atoms with Gasteiger partial charge in [-0.15, -0.1) is 22.7 Å². The number of hydrogen-bond acceptors (Lipinski definition) is 5. The van der Waals surface area contributed by atoms with Crippen molar-refractivity contribution in [3.05, 3.63) is 68.4 Å². The van der Waals surface area contributed by atoms with Crippen LogP contribution in [0, 0.1) is 13.8 Å². The molecule has 0 bridgehead atoms. The third-order valence-corrected chi connectivity index (χ3v) is 7.02. The predicted molar refractivity (Wildman–Crippen MR) is 120 cm³/mol. The molecule has 0 saturated heterocycles. The van der Waals surface area contributed by atoms with Crippen molar-refractivity contribution in [3.8, 4) is 10.6 Å². The van der Waals surface area contributed by atoms with E-state index in [1.54, 1.807) is 12.1 Å². The van der Waals surface area contributed by atoms with Gasteiger partial charge in [-0.3, -0.25) is 9.59 Å². The third-order valence-electron chi connectivity index (χ3n) is 4.65. The van der Waals surface area contributed by atoms with E-state index in [1.807, 2.05) is 44.2 Å². The number of thiophene rings is 2. The summed E-state index contributed by atoms with van der Waals surface area (Å²) >= 11 is 8.81. The average molecular weight is 442 g/mol. The van der Waals surface area contributed by atoms with Crippen molar-refractivity contribution in [1.82, 2.24) is 4.98 Å². The largest absolute Gasteiger partial charge is 0.365 e. The number of nitrogens with zero attached hydrogens (tertiary/aromatic N) is 1. The standard InChI is InChI=1S/C21H16ClN3O2S2/c1-10-11(2)28-21(18(10)19(23)26)25-20(27)13-9-15(16-7-8-17(22)29-16)24-14-6-4-3-5-12(13)14/h3-9H,1-2H3,(H2,23,26)(H,25,27). The molecule has 3 aromatic heterocycles. The molecule has 0 aliphatic heterocycles. The third kappa shape index (κ3) is 3.64. The average Bonchev–Trinajstić information content (AvgIpc) is 3.24. The summed E-state index contributed by atoms with van der Waals surface area (Å²) in [5.41, 5.74) is 8.50. The number of pyridine rings is 1. The van der Waals surface area contributed by atoms with E-state index in [9.17, 15) is 9.59 Å². The molecule has 0 radical (unpaired) electrons. The Bertz CT molecular complexity index is 1280. The minimum atomic E-state index is -0.560. The molecule has 4 rings (SSSR count). The van der Waals surface area contributed by atoms with Gasteiger partial charge in [-0.25, -0.2) is 4.98 Å². The molecule has 2 amide bonds. The van der Waals surface area contributed by atoms with E-state index in [1.165, 1.54) is 22.7 Å². The molecule has 0 atom stereocenters. The Morgan fingerprint density at radius 1 is 1.10 bits per heavy atom. The number of carbonyl (C=O) groups excluding carboxylic acids is 2. The van der Waals surface area contributed by atoms with E-state index in [4.69, 9.17) is 17.3 Å². The number of aryl methyl sites for hydroxylation is 1. The van der Waals surface area contributed by atoms with Crippen molar-refractivity contribution in [2.45, 2.75) is 13.8 Å². The number of nitrogens with two attached hydrogens (primary N) is 1. The molecular weight excluding hydrogens is 426 g/mol. The van der Waals surface area contributed by atoms with Gasteiger partial charge in [0.05, 0.1) is 31.6 Å². The van der Waals surface area contributed by atoms with E-state index in [0.717, 1.165) is 20.7 Å². The number of aromatic nitrogens is 1. The highest BCUT2D eigenvalue weighted by atomic mass is 35.5. The summed E-state index contributed by atoms with van der Waals surface area (Å²) in [7, 11) is 0. The molecule has 5 nitrogen and oxygen atoms in total. The van der Waals surface area contributed by atoms with Gasteiger partial charge in [0.1, 0.15) is 5.00 Å². The van der Waals surface area contributed by atoms with Gasteiger partial charge in [-0.2, -0.15) is 0 Å². The van der Waals surface area contributed by atoms with E-state index in [-0.39, 0.29) is 5.91 Å². The Hall–Kier alpha value is -2.74. The lowest BCUT2D eigenvalue weighted by Gasteiger charge is -2.10. The van der Waals surface area contributed by atoms with Crippen LogP contribution in [0.1, 0.15) is 31.2 Å². The highest BCUT2D eigenvalue weighted by molar-refractivity contribution is 7.19. The number of amides is 2. The number of para-hydroxylation sites is 1. The van der Waals surface area contributed by atoms with Crippen LogP contribution in [0.4, 0.5) is 5.00 Å². The summed E-state index contributed by atoms with van der Waals surface area (Å²) in [5.74, 6) is -0.882. The molecule has 0 spiro atoms. The summed E-state index contributed by atoms with van der Waals surface area (Å²) in [6.45, 7) is 3.71. The van der Waals surface area contributed by atoms with Gasteiger partial charge in [-0.05, 0) is 43.7 Å². The molecule has 1 aromatic carbocycles. The number of carbonyl (C=O) groups is 2. The van der Waals surface area contributed by atoms with Crippen molar-refractivity contribution in [1.29, 1.82) is 0 Å².